The molecule has 0 saturated heterocycles. The molecule has 5 nitrogen and oxygen atoms in total. The minimum absolute atomic E-state index is 0.165. The van der Waals surface area contributed by atoms with Crippen molar-refractivity contribution in [3.8, 4) is 5.69 Å². The summed E-state index contributed by atoms with van der Waals surface area (Å²) in [6.45, 7) is 1.84. The molecule has 1 aromatic heterocycles. The number of amides is 1. The summed E-state index contributed by atoms with van der Waals surface area (Å²) in [6, 6.07) is 15.8. The molecule has 0 aliphatic heterocycles. The van der Waals surface area contributed by atoms with Crippen molar-refractivity contribution in [2.24, 2.45) is 7.05 Å². The van der Waals surface area contributed by atoms with E-state index < -0.39 is 0 Å². The molecule has 1 amide bonds. The van der Waals surface area contributed by atoms with Crippen molar-refractivity contribution in [2.75, 3.05) is 5.32 Å². The molecule has 1 aliphatic rings. The van der Waals surface area contributed by atoms with Gasteiger partial charge in [0.25, 0.3) is 5.56 Å². The molecule has 3 aromatic rings. The Morgan fingerprint density at radius 3 is 2.50 bits per heavy atom. The predicted octanol–water partition coefficient (Wildman–Crippen LogP) is 3.54. The Labute approximate surface area is 164 Å². The third-order valence-corrected chi connectivity index (χ3v) is 5.60. The van der Waals surface area contributed by atoms with E-state index in [1.807, 2.05) is 50.4 Å². The van der Waals surface area contributed by atoms with Crippen molar-refractivity contribution in [1.82, 2.24) is 9.36 Å². The zero-order valence-corrected chi connectivity index (χ0v) is 16.4. The van der Waals surface area contributed by atoms with Crippen LogP contribution >= 0.6 is 0 Å². The number of aryl methyl sites for hydroxylation is 2. The SMILES string of the molecule is Cc1c(NC(=O)Cc2ccc3c(c2)CCCC3)c(=O)n(-c2ccccc2)n1C. The molecular weight excluding hydrogens is 350 g/mol. The fourth-order valence-electron chi connectivity index (χ4n) is 3.98. The summed E-state index contributed by atoms with van der Waals surface area (Å²) in [4.78, 5) is 25.6. The summed E-state index contributed by atoms with van der Waals surface area (Å²) >= 11 is 0. The summed E-state index contributed by atoms with van der Waals surface area (Å²) in [5.74, 6) is -0.165. The second-order valence-corrected chi connectivity index (χ2v) is 7.47. The van der Waals surface area contributed by atoms with Gasteiger partial charge in [0.2, 0.25) is 5.91 Å². The van der Waals surface area contributed by atoms with Crippen LogP contribution in [-0.4, -0.2) is 15.3 Å². The molecule has 1 heterocycles. The molecule has 1 aliphatic carbocycles. The van der Waals surface area contributed by atoms with Crippen molar-refractivity contribution >= 4 is 11.6 Å². The first-order chi connectivity index (χ1) is 13.5. The van der Waals surface area contributed by atoms with Crippen molar-refractivity contribution < 1.29 is 4.79 Å². The van der Waals surface area contributed by atoms with E-state index in [0.717, 1.165) is 29.8 Å². The number of hydrogen-bond donors (Lipinski definition) is 1. The second-order valence-electron chi connectivity index (χ2n) is 7.47. The van der Waals surface area contributed by atoms with E-state index in [9.17, 15) is 9.59 Å². The first-order valence-electron chi connectivity index (χ1n) is 9.79. The maximum atomic E-state index is 12.9. The van der Waals surface area contributed by atoms with Crippen LogP contribution in [-0.2, 0) is 31.1 Å². The average molecular weight is 375 g/mol. The third kappa shape index (κ3) is 3.40. The van der Waals surface area contributed by atoms with Crippen LogP contribution in [0.5, 0.6) is 0 Å². The van der Waals surface area contributed by atoms with Crippen molar-refractivity contribution in [2.45, 2.75) is 39.0 Å². The van der Waals surface area contributed by atoms with Crippen molar-refractivity contribution in [1.29, 1.82) is 0 Å². The quantitative estimate of drug-likeness (QED) is 0.758. The van der Waals surface area contributed by atoms with Crippen LogP contribution in [0, 0.1) is 6.92 Å². The van der Waals surface area contributed by atoms with E-state index >= 15 is 0 Å². The molecule has 0 spiro atoms. The van der Waals surface area contributed by atoms with Crippen LogP contribution in [0.3, 0.4) is 0 Å². The van der Waals surface area contributed by atoms with Crippen LogP contribution in [0.25, 0.3) is 5.69 Å². The van der Waals surface area contributed by atoms with Gasteiger partial charge in [0.15, 0.2) is 0 Å². The number of nitrogens with one attached hydrogen (secondary N) is 1. The number of fused-ring (bicyclic) bond motifs is 1. The first-order valence-corrected chi connectivity index (χ1v) is 9.79. The van der Waals surface area contributed by atoms with Gasteiger partial charge >= 0.3 is 0 Å². The molecule has 0 atom stereocenters. The highest BCUT2D eigenvalue weighted by molar-refractivity contribution is 5.92. The number of carbonyl (C=O) groups is 1. The third-order valence-electron chi connectivity index (χ3n) is 5.60. The van der Waals surface area contributed by atoms with Gasteiger partial charge in [-0.25, -0.2) is 4.68 Å². The fraction of sp³-hybridized carbons (Fsp3) is 0.304. The lowest BCUT2D eigenvalue weighted by atomic mass is 9.90. The maximum Gasteiger partial charge on any atom is 0.295 e. The fourth-order valence-corrected chi connectivity index (χ4v) is 3.98. The number of benzene rings is 2. The lowest BCUT2D eigenvalue weighted by molar-refractivity contribution is -0.115. The Hall–Kier alpha value is -3.08. The van der Waals surface area contributed by atoms with Gasteiger partial charge in [-0.15, -0.1) is 0 Å². The van der Waals surface area contributed by atoms with E-state index in [4.69, 9.17) is 0 Å². The van der Waals surface area contributed by atoms with Gasteiger partial charge in [0, 0.05) is 7.05 Å². The molecule has 1 N–H and O–H groups in total. The van der Waals surface area contributed by atoms with Gasteiger partial charge in [-0.05, 0) is 61.4 Å². The highest BCUT2D eigenvalue weighted by Gasteiger charge is 2.18. The molecule has 0 fully saturated rings. The molecule has 0 unspecified atom stereocenters. The largest absolute Gasteiger partial charge is 0.320 e. The van der Waals surface area contributed by atoms with E-state index in [1.54, 1.807) is 9.36 Å². The van der Waals surface area contributed by atoms with E-state index in [-0.39, 0.29) is 17.9 Å². The Balaban J connectivity index is 1.56. The number of rotatable bonds is 4. The zero-order valence-electron chi connectivity index (χ0n) is 16.4. The Bertz CT molecular complexity index is 1080. The van der Waals surface area contributed by atoms with Gasteiger partial charge in [0.1, 0.15) is 5.69 Å². The smallest absolute Gasteiger partial charge is 0.295 e. The van der Waals surface area contributed by atoms with Gasteiger partial charge in [0.05, 0.1) is 17.8 Å². The predicted molar refractivity (Wildman–Crippen MR) is 111 cm³/mol. The van der Waals surface area contributed by atoms with Gasteiger partial charge in [-0.2, -0.15) is 0 Å². The zero-order chi connectivity index (χ0) is 19.7. The normalized spacial score (nSPS) is 13.2. The highest BCUT2D eigenvalue weighted by atomic mass is 16.2. The Morgan fingerprint density at radius 2 is 1.75 bits per heavy atom. The minimum atomic E-state index is -0.218. The summed E-state index contributed by atoms with van der Waals surface area (Å²) in [5.41, 5.74) is 5.38. The van der Waals surface area contributed by atoms with E-state index in [1.165, 1.54) is 24.0 Å². The highest BCUT2D eigenvalue weighted by Crippen LogP contribution is 2.22. The number of carbonyl (C=O) groups excluding carboxylic acids is 1. The maximum absolute atomic E-state index is 12.9. The summed E-state index contributed by atoms with van der Waals surface area (Å²) in [6.07, 6.45) is 4.94. The van der Waals surface area contributed by atoms with Gasteiger partial charge in [-0.1, -0.05) is 36.4 Å². The second kappa shape index (κ2) is 7.50. The molecule has 144 valence electrons. The number of aromatic nitrogens is 2. The van der Waals surface area contributed by atoms with Gasteiger partial charge in [-0.3, -0.25) is 14.3 Å². The molecule has 0 saturated carbocycles. The van der Waals surface area contributed by atoms with Crippen LogP contribution in [0.4, 0.5) is 5.69 Å². The molecule has 4 rings (SSSR count). The van der Waals surface area contributed by atoms with Crippen molar-refractivity contribution in [3.63, 3.8) is 0 Å². The van der Waals surface area contributed by atoms with Crippen LogP contribution in [0.2, 0.25) is 0 Å². The number of hydrogen-bond acceptors (Lipinski definition) is 2. The van der Waals surface area contributed by atoms with Crippen LogP contribution in [0.15, 0.2) is 53.3 Å². The standard InChI is InChI=1S/C23H25N3O2/c1-16-22(23(28)26(25(16)2)20-10-4-3-5-11-20)24-21(27)15-17-12-13-18-8-6-7-9-19(18)14-17/h3-5,10-14H,6-9,15H2,1-2H3,(H,24,27). The number of anilines is 1. The molecule has 28 heavy (non-hydrogen) atoms. The minimum Gasteiger partial charge on any atom is -0.320 e. The lowest BCUT2D eigenvalue weighted by Crippen LogP contribution is -2.23. The Morgan fingerprint density at radius 1 is 1.04 bits per heavy atom. The average Bonchev–Trinajstić information content (AvgIpc) is 2.92. The molecule has 5 heteroatoms. The van der Waals surface area contributed by atoms with Crippen LogP contribution < -0.4 is 10.9 Å². The number of nitrogens with zero attached hydrogens (tertiary/aromatic N) is 2. The Kier molecular flexibility index (Phi) is 4.90. The topological polar surface area (TPSA) is 56.0 Å². The molecule has 0 radical (unpaired) electrons. The van der Waals surface area contributed by atoms with Crippen molar-refractivity contribution in [3.05, 3.63) is 81.3 Å². The summed E-state index contributed by atoms with van der Waals surface area (Å²) in [7, 11) is 1.82. The van der Waals surface area contributed by atoms with Crippen LogP contribution in [0.1, 0.15) is 35.2 Å². The monoisotopic (exact) mass is 375 g/mol. The summed E-state index contributed by atoms with van der Waals surface area (Å²) < 4.78 is 3.34. The molecular formula is C23H25N3O2. The van der Waals surface area contributed by atoms with Gasteiger partial charge < -0.3 is 5.32 Å². The molecule has 2 aromatic carbocycles. The first kappa shape index (κ1) is 18.3. The lowest BCUT2D eigenvalue weighted by Gasteiger charge is -2.16. The summed E-state index contributed by atoms with van der Waals surface area (Å²) in [5, 5.41) is 2.84. The number of para-hydroxylation sites is 1. The van der Waals surface area contributed by atoms with E-state index in [2.05, 4.69) is 17.4 Å². The van der Waals surface area contributed by atoms with E-state index in [0.29, 0.717) is 5.69 Å². The molecule has 0 bridgehead atoms.